The lowest BCUT2D eigenvalue weighted by Crippen LogP contribution is -2.42. The highest BCUT2D eigenvalue weighted by atomic mass is 16.7. The summed E-state index contributed by atoms with van der Waals surface area (Å²) in [6.45, 7) is 4.57. The molecule has 0 N–H and O–H groups in total. The van der Waals surface area contributed by atoms with Crippen LogP contribution in [0.4, 0.5) is 5.69 Å². The molecular formula is C12H15NO5. The molecule has 0 saturated carbocycles. The predicted molar refractivity (Wildman–Crippen MR) is 63.5 cm³/mol. The highest BCUT2D eigenvalue weighted by molar-refractivity contribution is 5.46. The van der Waals surface area contributed by atoms with Gasteiger partial charge in [-0.3, -0.25) is 10.1 Å². The normalized spacial score (nSPS) is 16.8. The van der Waals surface area contributed by atoms with Crippen LogP contribution in [0.2, 0.25) is 0 Å². The molecule has 18 heavy (non-hydrogen) atoms. The van der Waals surface area contributed by atoms with Crippen LogP contribution in [-0.2, 0) is 9.47 Å². The summed E-state index contributed by atoms with van der Waals surface area (Å²) in [6, 6.07) is 6.26. The third-order valence-corrected chi connectivity index (χ3v) is 2.62. The summed E-state index contributed by atoms with van der Waals surface area (Å²) in [6.07, 6.45) is -0.516. The first-order valence-electron chi connectivity index (χ1n) is 5.66. The monoisotopic (exact) mass is 253 g/mol. The van der Waals surface area contributed by atoms with E-state index in [-0.39, 0.29) is 11.4 Å². The van der Waals surface area contributed by atoms with E-state index < -0.39 is 16.8 Å². The van der Waals surface area contributed by atoms with E-state index >= 15 is 0 Å². The van der Waals surface area contributed by atoms with E-state index in [1.54, 1.807) is 32.0 Å². The molecule has 1 fully saturated rings. The van der Waals surface area contributed by atoms with Gasteiger partial charge in [-0.2, -0.15) is 0 Å². The van der Waals surface area contributed by atoms with Gasteiger partial charge in [-0.1, -0.05) is 12.1 Å². The van der Waals surface area contributed by atoms with Crippen LogP contribution in [0.25, 0.3) is 0 Å². The van der Waals surface area contributed by atoms with E-state index in [4.69, 9.17) is 14.2 Å². The smallest absolute Gasteiger partial charge is 0.310 e. The van der Waals surface area contributed by atoms with Gasteiger partial charge in [0.05, 0.1) is 18.1 Å². The Morgan fingerprint density at radius 3 is 2.56 bits per heavy atom. The minimum atomic E-state index is -0.789. The quantitative estimate of drug-likeness (QED) is 0.607. The van der Waals surface area contributed by atoms with Gasteiger partial charge in [0, 0.05) is 6.07 Å². The molecule has 0 radical (unpaired) electrons. The lowest BCUT2D eigenvalue weighted by molar-refractivity contribution is -0.386. The van der Waals surface area contributed by atoms with Crippen molar-refractivity contribution in [2.24, 2.45) is 0 Å². The molecule has 2 rings (SSSR count). The second kappa shape index (κ2) is 4.91. The van der Waals surface area contributed by atoms with Crippen LogP contribution in [0.3, 0.4) is 0 Å². The zero-order chi connectivity index (χ0) is 13.2. The van der Waals surface area contributed by atoms with E-state index in [1.807, 2.05) is 0 Å². The predicted octanol–water partition coefficient (Wildman–Crippen LogP) is 2.13. The number of hydrogen-bond acceptors (Lipinski definition) is 5. The van der Waals surface area contributed by atoms with Crippen molar-refractivity contribution in [2.75, 3.05) is 13.2 Å². The fourth-order valence-electron chi connectivity index (χ4n) is 1.79. The number of nitro groups is 1. The summed E-state index contributed by atoms with van der Waals surface area (Å²) in [5.41, 5.74) is -0.855. The van der Waals surface area contributed by atoms with E-state index in [1.165, 1.54) is 6.07 Å². The lowest BCUT2D eigenvalue weighted by atomic mass is 10.1. The first kappa shape index (κ1) is 12.8. The molecule has 0 unspecified atom stereocenters. The van der Waals surface area contributed by atoms with Crippen molar-refractivity contribution < 1.29 is 19.1 Å². The average Bonchev–Trinajstić information content (AvgIpc) is 2.83. The molecule has 1 aromatic rings. The Hall–Kier alpha value is -1.66. The van der Waals surface area contributed by atoms with Crippen molar-refractivity contribution in [1.29, 1.82) is 0 Å². The third kappa shape index (κ3) is 2.60. The van der Waals surface area contributed by atoms with Crippen LogP contribution in [-0.4, -0.2) is 30.0 Å². The van der Waals surface area contributed by atoms with Crippen molar-refractivity contribution >= 4 is 5.69 Å². The Labute approximate surface area is 105 Å². The average molecular weight is 253 g/mol. The maximum absolute atomic E-state index is 10.9. The minimum absolute atomic E-state index is 0.0661. The molecular weight excluding hydrogens is 238 g/mol. The molecule has 0 atom stereocenters. The maximum atomic E-state index is 10.9. The molecule has 0 spiro atoms. The van der Waals surface area contributed by atoms with E-state index in [2.05, 4.69) is 0 Å². The molecule has 1 saturated heterocycles. The Morgan fingerprint density at radius 1 is 1.33 bits per heavy atom. The molecule has 1 aliphatic heterocycles. The third-order valence-electron chi connectivity index (χ3n) is 2.62. The number of rotatable bonds is 4. The van der Waals surface area contributed by atoms with Crippen LogP contribution < -0.4 is 4.74 Å². The fourth-order valence-corrected chi connectivity index (χ4v) is 1.79. The lowest BCUT2D eigenvalue weighted by Gasteiger charge is -2.30. The van der Waals surface area contributed by atoms with Gasteiger partial charge in [0.15, 0.2) is 17.6 Å². The van der Waals surface area contributed by atoms with Crippen LogP contribution in [0.1, 0.15) is 13.8 Å². The zero-order valence-corrected chi connectivity index (χ0v) is 10.3. The second-order valence-electron chi connectivity index (χ2n) is 4.50. The number of nitro benzene ring substituents is 1. The second-order valence-corrected chi connectivity index (χ2v) is 4.50. The van der Waals surface area contributed by atoms with E-state index in [0.717, 1.165) is 0 Å². The number of nitrogens with zero attached hydrogens (tertiary/aromatic N) is 1. The van der Waals surface area contributed by atoms with Gasteiger partial charge in [0.1, 0.15) is 0 Å². The molecule has 1 aliphatic rings. The maximum Gasteiger partial charge on any atom is 0.310 e. The van der Waals surface area contributed by atoms with Crippen molar-refractivity contribution in [2.45, 2.75) is 25.7 Å². The Morgan fingerprint density at radius 2 is 1.94 bits per heavy atom. The van der Waals surface area contributed by atoms with Gasteiger partial charge in [-0.05, 0) is 19.9 Å². The molecule has 6 nitrogen and oxygen atoms in total. The van der Waals surface area contributed by atoms with E-state index in [0.29, 0.717) is 13.2 Å². The van der Waals surface area contributed by atoms with Crippen LogP contribution in [0.5, 0.6) is 5.75 Å². The summed E-state index contributed by atoms with van der Waals surface area (Å²) < 4.78 is 16.4. The summed E-state index contributed by atoms with van der Waals surface area (Å²) in [4.78, 5) is 10.4. The van der Waals surface area contributed by atoms with Crippen molar-refractivity contribution in [3.63, 3.8) is 0 Å². The van der Waals surface area contributed by atoms with Crippen LogP contribution >= 0.6 is 0 Å². The molecule has 0 bridgehead atoms. The largest absolute Gasteiger partial charge is 0.475 e. The molecule has 0 aliphatic carbocycles. The standard InChI is InChI=1S/C12H15NO5/c1-12(2,11-16-7-8-17-11)18-10-6-4-3-5-9(10)13(14)15/h3-6,11H,7-8H2,1-2H3. The topological polar surface area (TPSA) is 70.8 Å². The van der Waals surface area contributed by atoms with Gasteiger partial charge in [0.25, 0.3) is 0 Å². The zero-order valence-electron chi connectivity index (χ0n) is 10.3. The summed E-state index contributed by atoms with van der Waals surface area (Å²) in [5, 5.41) is 10.9. The summed E-state index contributed by atoms with van der Waals surface area (Å²) in [5.74, 6) is 0.214. The Balaban J connectivity index is 2.20. The van der Waals surface area contributed by atoms with Crippen LogP contribution in [0, 0.1) is 10.1 Å². The van der Waals surface area contributed by atoms with Gasteiger partial charge in [0.2, 0.25) is 0 Å². The molecule has 6 heteroatoms. The van der Waals surface area contributed by atoms with Gasteiger partial charge in [-0.25, -0.2) is 0 Å². The molecule has 98 valence electrons. The van der Waals surface area contributed by atoms with Crippen molar-refractivity contribution in [3.05, 3.63) is 34.4 Å². The number of benzene rings is 1. The molecule has 1 heterocycles. The highest BCUT2D eigenvalue weighted by Gasteiger charge is 2.37. The number of hydrogen-bond donors (Lipinski definition) is 0. The van der Waals surface area contributed by atoms with Gasteiger partial charge < -0.3 is 14.2 Å². The number of para-hydroxylation sites is 2. The van der Waals surface area contributed by atoms with Crippen molar-refractivity contribution in [1.82, 2.24) is 0 Å². The molecule has 1 aromatic carbocycles. The first-order valence-corrected chi connectivity index (χ1v) is 5.66. The van der Waals surface area contributed by atoms with Crippen molar-refractivity contribution in [3.8, 4) is 5.75 Å². The molecule has 0 aromatic heterocycles. The highest BCUT2D eigenvalue weighted by Crippen LogP contribution is 2.32. The Kier molecular flexibility index (Phi) is 3.49. The Bertz CT molecular complexity index is 440. The van der Waals surface area contributed by atoms with Gasteiger partial charge in [-0.15, -0.1) is 0 Å². The first-order chi connectivity index (χ1) is 8.50. The van der Waals surface area contributed by atoms with Crippen LogP contribution in [0.15, 0.2) is 24.3 Å². The van der Waals surface area contributed by atoms with Gasteiger partial charge >= 0.3 is 5.69 Å². The fraction of sp³-hybridized carbons (Fsp3) is 0.500. The van der Waals surface area contributed by atoms with E-state index in [9.17, 15) is 10.1 Å². The number of ether oxygens (including phenoxy) is 3. The minimum Gasteiger partial charge on any atom is -0.475 e. The SMILES string of the molecule is CC(C)(Oc1ccccc1[N+](=O)[O-])C1OCCO1. The summed E-state index contributed by atoms with van der Waals surface area (Å²) in [7, 11) is 0. The summed E-state index contributed by atoms with van der Waals surface area (Å²) >= 11 is 0. The molecule has 0 amide bonds.